The van der Waals surface area contributed by atoms with E-state index in [4.69, 9.17) is 11.2 Å². The lowest BCUT2D eigenvalue weighted by atomic mass is 9.92. The number of terminal acetylenes is 1. The third-order valence-corrected chi connectivity index (χ3v) is 5.63. The molecule has 1 aromatic rings. The van der Waals surface area contributed by atoms with Crippen molar-refractivity contribution in [2.75, 3.05) is 39.3 Å². The van der Waals surface area contributed by atoms with Crippen LogP contribution < -0.4 is 0 Å². The van der Waals surface area contributed by atoms with Crippen LogP contribution in [0.1, 0.15) is 77.4 Å². The fourth-order valence-electron chi connectivity index (χ4n) is 3.75. The monoisotopic (exact) mass is 485 g/mol. The average Bonchev–Trinajstić information content (AvgIpc) is 3.40. The molecule has 1 atom stereocenters. The zero-order chi connectivity index (χ0) is 25.9. The van der Waals surface area contributed by atoms with Crippen LogP contribution in [-0.4, -0.2) is 61.4 Å². The van der Waals surface area contributed by atoms with Crippen molar-refractivity contribution in [3.63, 3.8) is 0 Å². The Morgan fingerprint density at radius 2 is 1.83 bits per heavy atom. The lowest BCUT2D eigenvalue weighted by Gasteiger charge is -2.30. The minimum Gasteiger partial charge on any atom is -0.370 e. The van der Waals surface area contributed by atoms with E-state index in [1.54, 1.807) is 4.90 Å². The van der Waals surface area contributed by atoms with Gasteiger partial charge in [-0.15, -0.1) is 12.3 Å². The Morgan fingerprint density at radius 1 is 1.14 bits per heavy atom. The number of amides is 2. The predicted molar refractivity (Wildman–Crippen MR) is 141 cm³/mol. The fraction of sp³-hybridized carbons (Fsp3) is 0.643. The molecular weight excluding hydrogens is 442 g/mol. The topological polar surface area (TPSA) is 79.3 Å². The van der Waals surface area contributed by atoms with Gasteiger partial charge >= 0.3 is 0 Å². The van der Waals surface area contributed by atoms with E-state index >= 15 is 0 Å². The first-order valence-electron chi connectivity index (χ1n) is 12.7. The number of hydrogen-bond acceptors (Lipinski definition) is 5. The molecule has 0 aromatic heterocycles. The number of rotatable bonds is 8. The molecule has 2 saturated heterocycles. The highest BCUT2D eigenvalue weighted by Gasteiger charge is 2.23. The van der Waals surface area contributed by atoms with Gasteiger partial charge in [-0.2, -0.15) is 4.91 Å². The minimum absolute atomic E-state index is 0.0372. The van der Waals surface area contributed by atoms with Gasteiger partial charge in [0.05, 0.1) is 19.7 Å². The zero-order valence-corrected chi connectivity index (χ0v) is 21.8. The Balaban J connectivity index is 0.000000270. The van der Waals surface area contributed by atoms with Gasteiger partial charge in [0, 0.05) is 32.5 Å². The van der Waals surface area contributed by atoms with E-state index in [0.717, 1.165) is 50.7 Å². The van der Waals surface area contributed by atoms with Gasteiger partial charge in [-0.25, -0.2) is 0 Å². The molecule has 194 valence electrons. The van der Waals surface area contributed by atoms with Gasteiger partial charge in [0.25, 0.3) is 0 Å². The summed E-state index contributed by atoms with van der Waals surface area (Å²) < 4.78 is 5.60. The van der Waals surface area contributed by atoms with Crippen molar-refractivity contribution in [3.8, 4) is 12.3 Å². The van der Waals surface area contributed by atoms with Gasteiger partial charge in [0.15, 0.2) is 0 Å². The molecule has 2 aliphatic heterocycles. The molecule has 7 nitrogen and oxygen atoms in total. The number of morpholine rings is 1. The Bertz CT molecular complexity index is 765. The number of benzene rings is 1. The van der Waals surface area contributed by atoms with Crippen LogP contribution in [-0.2, 0) is 14.3 Å². The minimum atomic E-state index is 0.0372. The molecule has 7 heteroatoms. The van der Waals surface area contributed by atoms with Gasteiger partial charge in [-0.05, 0) is 36.7 Å². The predicted octanol–water partition coefficient (Wildman–Crippen LogP) is 5.21. The van der Waals surface area contributed by atoms with E-state index in [9.17, 15) is 14.5 Å². The summed E-state index contributed by atoms with van der Waals surface area (Å²) in [4.78, 5) is 35.5. The second-order valence-corrected chi connectivity index (χ2v) is 10.1. The standard InChI is InChI=1S/C11H13NO2.C10H19NO.C7H11NO/c13-9-12-6-7-14-11(8-12)10-4-2-1-3-5-10;1-10(2,3)8-9(12)11-6-4-5-7-11;1-2-3-4-5-6-7-8-9/h1-5,9,11H,6-8H2;4-8H2,1-3H3;1H,3-7H2. The number of likely N-dealkylation sites (tertiary alicyclic amines) is 1. The summed E-state index contributed by atoms with van der Waals surface area (Å²) >= 11 is 0. The molecular formula is C28H43N3O4. The molecule has 35 heavy (non-hydrogen) atoms. The summed E-state index contributed by atoms with van der Waals surface area (Å²) in [6, 6.07) is 10.00. The van der Waals surface area contributed by atoms with Crippen molar-refractivity contribution in [3.05, 3.63) is 40.8 Å². The maximum Gasteiger partial charge on any atom is 0.223 e. The summed E-state index contributed by atoms with van der Waals surface area (Å²) in [5.41, 5.74) is 1.28. The molecule has 0 spiro atoms. The molecule has 0 saturated carbocycles. The van der Waals surface area contributed by atoms with Crippen LogP contribution in [0.4, 0.5) is 0 Å². The first-order chi connectivity index (χ1) is 16.8. The Kier molecular flexibility index (Phi) is 15.3. The van der Waals surface area contributed by atoms with E-state index in [1.807, 2.05) is 35.2 Å². The average molecular weight is 486 g/mol. The van der Waals surface area contributed by atoms with E-state index in [1.165, 1.54) is 12.8 Å². The number of ether oxygens (including phenoxy) is 1. The summed E-state index contributed by atoms with van der Waals surface area (Å²) in [7, 11) is 0. The highest BCUT2D eigenvalue weighted by Crippen LogP contribution is 2.22. The number of hydrogen-bond donors (Lipinski definition) is 0. The first kappa shape index (κ1) is 30.3. The largest absolute Gasteiger partial charge is 0.370 e. The molecule has 1 unspecified atom stereocenters. The number of unbranched alkanes of at least 4 members (excludes halogenated alkanes) is 3. The van der Waals surface area contributed by atoms with Gasteiger partial charge in [-0.3, -0.25) is 9.59 Å². The van der Waals surface area contributed by atoms with Crippen LogP contribution in [0.5, 0.6) is 0 Å². The van der Waals surface area contributed by atoms with E-state index in [0.29, 0.717) is 38.6 Å². The summed E-state index contributed by atoms with van der Waals surface area (Å²) in [5, 5.41) is 2.73. The molecule has 2 aliphatic rings. The number of nitrogens with zero attached hydrogens (tertiary/aromatic N) is 3. The lowest BCUT2D eigenvalue weighted by molar-refractivity contribution is -0.132. The van der Waals surface area contributed by atoms with Gasteiger partial charge in [0.2, 0.25) is 12.3 Å². The highest BCUT2D eigenvalue weighted by molar-refractivity contribution is 5.77. The molecule has 0 radical (unpaired) electrons. The van der Waals surface area contributed by atoms with Crippen LogP contribution in [0.15, 0.2) is 35.5 Å². The van der Waals surface area contributed by atoms with Crippen LogP contribution in [0.25, 0.3) is 0 Å². The van der Waals surface area contributed by atoms with E-state index in [2.05, 4.69) is 31.9 Å². The fourth-order valence-corrected chi connectivity index (χ4v) is 3.75. The van der Waals surface area contributed by atoms with Gasteiger partial charge in [-0.1, -0.05) is 62.7 Å². The van der Waals surface area contributed by atoms with Crippen molar-refractivity contribution in [1.82, 2.24) is 9.80 Å². The Morgan fingerprint density at radius 3 is 2.40 bits per heavy atom. The van der Waals surface area contributed by atoms with Crippen LogP contribution in [0.2, 0.25) is 0 Å². The summed E-state index contributed by atoms with van der Waals surface area (Å²) in [6.45, 7) is 10.7. The Labute approximate surface area is 211 Å². The van der Waals surface area contributed by atoms with Crippen LogP contribution in [0, 0.1) is 22.7 Å². The highest BCUT2D eigenvalue weighted by atomic mass is 16.5. The number of carbonyl (C=O) groups excluding carboxylic acids is 2. The smallest absolute Gasteiger partial charge is 0.223 e. The molecule has 0 bridgehead atoms. The second kappa shape index (κ2) is 17.7. The normalized spacial score (nSPS) is 17.3. The lowest BCUT2D eigenvalue weighted by Crippen LogP contribution is -2.37. The molecule has 0 aliphatic carbocycles. The number of carbonyl (C=O) groups is 2. The van der Waals surface area contributed by atoms with Crippen molar-refractivity contribution < 1.29 is 14.3 Å². The van der Waals surface area contributed by atoms with Crippen molar-refractivity contribution in [2.45, 2.75) is 71.8 Å². The molecule has 2 heterocycles. The van der Waals surface area contributed by atoms with Gasteiger partial charge in [0.1, 0.15) is 6.10 Å². The molecule has 2 amide bonds. The van der Waals surface area contributed by atoms with Crippen LogP contribution >= 0.6 is 0 Å². The molecule has 2 fully saturated rings. The van der Waals surface area contributed by atoms with Crippen molar-refractivity contribution in [2.24, 2.45) is 10.6 Å². The van der Waals surface area contributed by atoms with Crippen molar-refractivity contribution >= 4 is 12.3 Å². The van der Waals surface area contributed by atoms with Crippen LogP contribution in [0.3, 0.4) is 0 Å². The SMILES string of the molecule is C#CCCCCCN=O.CC(C)(C)CC(=O)N1CCCC1.O=CN1CCOC(c2ccccc2)C1. The summed E-state index contributed by atoms with van der Waals surface area (Å²) in [5.74, 6) is 2.87. The Hall–Kier alpha value is -2.72. The zero-order valence-electron chi connectivity index (χ0n) is 21.8. The number of nitroso groups, excluding NO2 is 1. The van der Waals surface area contributed by atoms with E-state index in [-0.39, 0.29) is 11.5 Å². The van der Waals surface area contributed by atoms with Crippen molar-refractivity contribution in [1.29, 1.82) is 0 Å². The molecule has 0 N–H and O–H groups in total. The molecule has 3 rings (SSSR count). The third kappa shape index (κ3) is 14.3. The first-order valence-corrected chi connectivity index (χ1v) is 12.7. The quantitative estimate of drug-likeness (QED) is 0.219. The summed E-state index contributed by atoms with van der Waals surface area (Å²) in [6.07, 6.45) is 12.7. The maximum absolute atomic E-state index is 11.6. The van der Waals surface area contributed by atoms with Gasteiger partial charge < -0.3 is 14.5 Å². The second-order valence-electron chi connectivity index (χ2n) is 10.1. The third-order valence-electron chi connectivity index (χ3n) is 5.63. The van der Waals surface area contributed by atoms with E-state index < -0.39 is 0 Å². The molecule has 1 aromatic carbocycles. The maximum atomic E-state index is 11.6.